The molecular formula is C84H22F34K2O13S2. The summed E-state index contributed by atoms with van der Waals surface area (Å²) in [5.74, 6) is -108. The Morgan fingerprint density at radius 2 is 0.393 bits per heavy atom. The van der Waals surface area contributed by atoms with Gasteiger partial charge in [-0.05, 0) is 78.9 Å². The topological polar surface area (TPSA) is 190 Å². The van der Waals surface area contributed by atoms with Crippen molar-refractivity contribution in [2.45, 2.75) is 9.79 Å². The Hall–Kier alpha value is -12.1. The molecule has 0 heterocycles. The van der Waals surface area contributed by atoms with E-state index in [1.54, 1.807) is 24.3 Å². The van der Waals surface area contributed by atoms with E-state index in [2.05, 4.69) is 36.7 Å². The molecule has 0 aliphatic carbocycles. The van der Waals surface area contributed by atoms with Crippen LogP contribution >= 0.6 is 0 Å². The van der Waals surface area contributed by atoms with Crippen LogP contribution in [0.2, 0.25) is 0 Å². The molecule has 688 valence electrons. The summed E-state index contributed by atoms with van der Waals surface area (Å²) in [5.41, 5.74) is -18.9. The van der Waals surface area contributed by atoms with Crippen LogP contribution in [0.5, 0.6) is 74.7 Å². The Bertz CT molecular complexity index is 7310. The number of phenols is 1. The zero-order chi connectivity index (χ0) is 98.7. The Balaban J connectivity index is 0.000000280. The number of benzene rings is 13. The van der Waals surface area contributed by atoms with E-state index in [1.165, 1.54) is 24.3 Å². The minimum Gasteiger partial charge on any atom is -0.744 e. The molecule has 0 unspecified atom stereocenters. The van der Waals surface area contributed by atoms with Crippen molar-refractivity contribution in [1.82, 2.24) is 0 Å². The third-order valence-corrected chi connectivity index (χ3v) is 19.2. The van der Waals surface area contributed by atoms with Crippen LogP contribution in [0.3, 0.4) is 0 Å². The van der Waals surface area contributed by atoms with Crippen LogP contribution in [0.1, 0.15) is 16.7 Å². The summed E-state index contributed by atoms with van der Waals surface area (Å²) in [5, 5.41) is 8.85. The molecule has 0 amide bonds. The standard InChI is InChI=1S/C46H14F16O7S.C30H4F18O5S.C8H6O.2K/c1-3-16-7-5-9-18(13-16)66-43-35(55)27(47)23(28(48)36(43)56)24-31(51)39(59)45(40(60)32(24)52)68-20-11-12-21(22(15-20)70(63,64)65)69-46-41(61)33(53)26(34(54)42(46)62)25-29(49)37(57)44(38(58)30(25)50)67-19-10-6-8-17(4-2)14-19;31-11-7(12(32)20(40)23(43)19(11)39)9-15(35)25(45)29(26(46)16(9)36)52-4-1-2-5(6(3-4)54(49,50)51)53-30-27(47)17(37)10(18(38)28(30)48)8-13(33)21(41)24(44)22(42)14(8)34;1-2-7-4-3-5-8(9)6-7;;/h1-2,5-15H,(H,63,64,65);1-3H,(H,49,50,51);1,3-6,9H;;/q;;;2*+1/p-2. The zero-order valence-electron chi connectivity index (χ0n) is 64.6. The second-order valence-corrected chi connectivity index (χ2v) is 28.1. The van der Waals surface area contributed by atoms with E-state index in [0.717, 1.165) is 24.3 Å². The molecule has 0 radical (unpaired) electrons. The number of rotatable bonds is 18. The molecule has 13 aromatic carbocycles. The normalized spacial score (nSPS) is 11.1. The van der Waals surface area contributed by atoms with Gasteiger partial charge in [-0.15, -0.1) is 19.3 Å². The molecule has 0 aliphatic heterocycles. The molecule has 13 aromatic rings. The molecule has 0 aliphatic rings. The van der Waals surface area contributed by atoms with E-state index >= 15 is 70.2 Å². The van der Waals surface area contributed by atoms with Crippen molar-refractivity contribution in [3.63, 3.8) is 0 Å². The fraction of sp³-hybridized carbons (Fsp3) is 0. The van der Waals surface area contributed by atoms with Gasteiger partial charge in [-0.25, -0.2) is 113 Å². The molecular weight excluding hydrogens is 2010 g/mol. The molecule has 51 heteroatoms. The summed E-state index contributed by atoms with van der Waals surface area (Å²) < 4.78 is 602. The molecule has 1 N–H and O–H groups in total. The third-order valence-electron chi connectivity index (χ3n) is 17.4. The van der Waals surface area contributed by atoms with Gasteiger partial charge in [-0.1, -0.05) is 36.0 Å². The second-order valence-electron chi connectivity index (χ2n) is 25.4. The molecule has 0 saturated heterocycles. The molecule has 13 rings (SSSR count). The first-order chi connectivity index (χ1) is 62.2. The van der Waals surface area contributed by atoms with E-state index in [9.17, 15) is 105 Å². The number of halogens is 34. The summed E-state index contributed by atoms with van der Waals surface area (Å²) in [6.07, 6.45) is 15.5. The first-order valence-electron chi connectivity index (χ1n) is 34.1. The maximum absolute atomic E-state index is 15.5. The van der Waals surface area contributed by atoms with Crippen molar-refractivity contribution in [3.8, 4) is 156 Å². The number of ether oxygens (including phenoxy) is 6. The molecule has 0 saturated carbocycles. The zero-order valence-corrected chi connectivity index (χ0v) is 72.5. The smallest absolute Gasteiger partial charge is 0.744 e. The van der Waals surface area contributed by atoms with Gasteiger partial charge in [-0.2, -0.15) is 52.7 Å². The molecule has 135 heavy (non-hydrogen) atoms. The van der Waals surface area contributed by atoms with Gasteiger partial charge in [-0.3, -0.25) is 0 Å². The number of terminal acetylenes is 3. The average molecular weight is 2030 g/mol. The van der Waals surface area contributed by atoms with Gasteiger partial charge < -0.3 is 42.6 Å². The largest absolute Gasteiger partial charge is 1.00 e. The van der Waals surface area contributed by atoms with Crippen LogP contribution < -0.4 is 131 Å². The molecule has 0 atom stereocenters. The number of hydrogen-bond donors (Lipinski definition) is 1. The summed E-state index contributed by atoms with van der Waals surface area (Å²) >= 11 is 0. The van der Waals surface area contributed by atoms with Crippen LogP contribution in [0.25, 0.3) is 44.5 Å². The average Bonchev–Trinajstić information content (AvgIpc) is 0.748. The summed E-state index contributed by atoms with van der Waals surface area (Å²) in [7, 11) is -12.3. The maximum atomic E-state index is 15.5. The van der Waals surface area contributed by atoms with Crippen molar-refractivity contribution >= 4 is 20.2 Å². The Morgan fingerprint density at radius 3 is 0.578 bits per heavy atom. The van der Waals surface area contributed by atoms with Crippen LogP contribution in [-0.2, 0) is 20.2 Å². The Labute approximate surface area is 814 Å². The quantitative estimate of drug-likeness (QED) is 0.0213. The van der Waals surface area contributed by atoms with E-state index in [-0.39, 0.29) is 156 Å². The number of aromatic hydroxyl groups is 1. The first kappa shape index (κ1) is 107. The van der Waals surface area contributed by atoms with Gasteiger partial charge >= 0.3 is 103 Å². The van der Waals surface area contributed by atoms with Crippen molar-refractivity contribution in [2.75, 3.05) is 0 Å². The van der Waals surface area contributed by atoms with Gasteiger partial charge in [0.05, 0.1) is 44.5 Å². The minimum absolute atomic E-state index is 0. The Morgan fingerprint density at radius 1 is 0.222 bits per heavy atom. The van der Waals surface area contributed by atoms with E-state index < -0.39 is 341 Å². The van der Waals surface area contributed by atoms with E-state index in [1.807, 2.05) is 0 Å². The molecule has 13 nitrogen and oxygen atoms in total. The van der Waals surface area contributed by atoms with Gasteiger partial charge in [0.2, 0.25) is 116 Å². The Kier molecular flexibility index (Phi) is 32.8. The maximum Gasteiger partial charge on any atom is 1.00 e. The van der Waals surface area contributed by atoms with Crippen molar-refractivity contribution < 1.29 is 312 Å². The summed E-state index contributed by atoms with van der Waals surface area (Å²) in [4.78, 5) is -3.89. The second kappa shape index (κ2) is 41.6. The SMILES string of the molecule is C#Cc1cccc(O)c1.C#Cc1cccc(Oc2c(F)c(F)c(-c3c(F)c(F)c(Oc4ccc(Oc5c(F)c(F)c(-c6c(F)c(F)c(Oc7cccc(C#C)c7)c(F)c6F)c(F)c5F)c(S(=O)(=O)[O-])c4)c(F)c3F)c(F)c2F)c1.O=S(=O)([O-])c1cc(Oc2c(F)c(F)c(-c3c(F)c(F)c(F)c(F)c3F)c(F)c2F)ccc1Oc1c(F)c(F)c(-c2c(F)c(F)c(F)c(F)c2F)c(F)c1F.[K+].[K+]. The van der Waals surface area contributed by atoms with Gasteiger partial charge in [0.1, 0.15) is 70.3 Å². The van der Waals surface area contributed by atoms with Gasteiger partial charge in [0, 0.05) is 28.8 Å². The van der Waals surface area contributed by atoms with E-state index in [0.29, 0.717) is 5.56 Å². The molecule has 0 bridgehead atoms. The van der Waals surface area contributed by atoms with Gasteiger partial charge in [0.25, 0.3) is 0 Å². The number of hydrogen-bond acceptors (Lipinski definition) is 13. The van der Waals surface area contributed by atoms with Crippen LogP contribution in [0, 0.1) is 235 Å². The molecule has 0 aromatic heterocycles. The van der Waals surface area contributed by atoms with Crippen LogP contribution in [0.15, 0.2) is 119 Å². The van der Waals surface area contributed by atoms with Gasteiger partial charge in [0.15, 0.2) is 116 Å². The fourth-order valence-corrected chi connectivity index (χ4v) is 12.7. The predicted octanol–water partition coefficient (Wildman–Crippen LogP) is 18.7. The van der Waals surface area contributed by atoms with Crippen molar-refractivity contribution in [1.29, 1.82) is 0 Å². The monoisotopic (exact) mass is 2030 g/mol. The first-order valence-corrected chi connectivity index (χ1v) is 36.9. The minimum atomic E-state index is -6.14. The van der Waals surface area contributed by atoms with Crippen LogP contribution in [-0.4, -0.2) is 31.0 Å². The number of phenolic OH excluding ortho intramolecular Hbond substituents is 1. The predicted molar refractivity (Wildman–Crippen MR) is 380 cm³/mol. The fourth-order valence-electron chi connectivity index (χ4n) is 11.4. The molecule has 0 spiro atoms. The van der Waals surface area contributed by atoms with E-state index in [4.69, 9.17) is 33.9 Å². The van der Waals surface area contributed by atoms with Crippen LogP contribution in [0.4, 0.5) is 149 Å². The van der Waals surface area contributed by atoms with Crippen molar-refractivity contribution in [3.05, 3.63) is 324 Å². The summed E-state index contributed by atoms with van der Waals surface area (Å²) in [6, 6.07) is 15.7. The molecule has 0 fully saturated rings. The summed E-state index contributed by atoms with van der Waals surface area (Å²) in [6.45, 7) is 0. The third kappa shape index (κ3) is 20.3. The van der Waals surface area contributed by atoms with Crippen molar-refractivity contribution in [2.24, 2.45) is 0 Å².